The zero-order chi connectivity index (χ0) is 8.65. The predicted octanol–water partition coefficient (Wildman–Crippen LogP) is -1.98. The number of rotatable bonds is 1. The minimum absolute atomic E-state index is 0.0455. The van der Waals surface area contributed by atoms with Gasteiger partial charge in [-0.2, -0.15) is 0 Å². The molecule has 0 aromatic heterocycles. The SMILES string of the molecule is O=S([O-])N1CC(O)C(O)(P)C1. The lowest BCUT2D eigenvalue weighted by atomic mass is 10.2. The lowest BCUT2D eigenvalue weighted by molar-refractivity contribution is 0.0300. The summed E-state index contributed by atoms with van der Waals surface area (Å²) < 4.78 is 21.6. The average Bonchev–Trinajstić information content (AvgIpc) is 2.08. The number of aliphatic hydroxyl groups is 2. The second-order valence-corrected chi connectivity index (χ2v) is 4.50. The molecule has 0 spiro atoms. The first-order chi connectivity index (χ1) is 4.93. The third-order valence-corrected chi connectivity index (χ3v) is 2.86. The molecule has 4 unspecified atom stereocenters. The molecule has 11 heavy (non-hydrogen) atoms. The van der Waals surface area contributed by atoms with E-state index in [1.54, 1.807) is 0 Å². The first-order valence-corrected chi connectivity index (χ1v) is 4.58. The van der Waals surface area contributed by atoms with Crippen LogP contribution in [0.25, 0.3) is 0 Å². The van der Waals surface area contributed by atoms with Gasteiger partial charge in [-0.3, -0.25) is 4.21 Å². The van der Waals surface area contributed by atoms with E-state index in [1.165, 1.54) is 0 Å². The maximum absolute atomic E-state index is 10.3. The highest BCUT2D eigenvalue weighted by Gasteiger charge is 2.41. The fourth-order valence-corrected chi connectivity index (χ4v) is 1.95. The van der Waals surface area contributed by atoms with Crippen molar-refractivity contribution >= 4 is 20.5 Å². The first-order valence-electron chi connectivity index (χ1n) is 2.97. The Bertz CT molecular complexity index is 187. The summed E-state index contributed by atoms with van der Waals surface area (Å²) in [6.07, 6.45) is -1.02. The van der Waals surface area contributed by atoms with E-state index >= 15 is 0 Å². The predicted molar refractivity (Wildman–Crippen MR) is 41.2 cm³/mol. The van der Waals surface area contributed by atoms with Gasteiger partial charge >= 0.3 is 0 Å². The highest BCUT2D eigenvalue weighted by molar-refractivity contribution is 7.76. The van der Waals surface area contributed by atoms with Crippen molar-refractivity contribution in [3.8, 4) is 0 Å². The fraction of sp³-hybridized carbons (Fsp3) is 1.00. The molecular weight excluding hydrogens is 189 g/mol. The van der Waals surface area contributed by atoms with Gasteiger partial charge in [0.15, 0.2) is 0 Å². The van der Waals surface area contributed by atoms with Gasteiger partial charge in [-0.25, -0.2) is 4.31 Å². The van der Waals surface area contributed by atoms with Crippen LogP contribution >= 0.6 is 9.24 Å². The van der Waals surface area contributed by atoms with E-state index in [2.05, 4.69) is 0 Å². The van der Waals surface area contributed by atoms with Crippen LogP contribution in [0.15, 0.2) is 0 Å². The summed E-state index contributed by atoms with van der Waals surface area (Å²) in [6, 6.07) is 0. The van der Waals surface area contributed by atoms with Crippen molar-refractivity contribution in [3.63, 3.8) is 0 Å². The number of nitrogens with zero attached hydrogens (tertiary/aromatic N) is 1. The Labute approximate surface area is 69.0 Å². The van der Waals surface area contributed by atoms with Crippen molar-refractivity contribution in [3.05, 3.63) is 0 Å². The molecular formula is C4H9NO4PS-. The minimum atomic E-state index is -2.36. The Morgan fingerprint density at radius 2 is 2.36 bits per heavy atom. The van der Waals surface area contributed by atoms with Gasteiger partial charge in [-0.15, -0.1) is 0 Å². The van der Waals surface area contributed by atoms with Crippen molar-refractivity contribution in [1.82, 2.24) is 4.31 Å². The van der Waals surface area contributed by atoms with Gasteiger partial charge in [0.1, 0.15) is 11.4 Å². The lowest BCUT2D eigenvalue weighted by Crippen LogP contribution is -2.34. The topological polar surface area (TPSA) is 83.8 Å². The highest BCUT2D eigenvalue weighted by Crippen LogP contribution is 2.28. The Morgan fingerprint density at radius 1 is 1.82 bits per heavy atom. The molecule has 0 saturated carbocycles. The van der Waals surface area contributed by atoms with Gasteiger partial charge in [0, 0.05) is 24.4 Å². The van der Waals surface area contributed by atoms with Crippen molar-refractivity contribution < 1.29 is 19.0 Å². The number of hydrogen-bond acceptors (Lipinski definition) is 4. The van der Waals surface area contributed by atoms with Crippen LogP contribution in [0.2, 0.25) is 0 Å². The summed E-state index contributed by atoms with van der Waals surface area (Å²) in [5.74, 6) is 0. The fourth-order valence-electron chi connectivity index (χ4n) is 0.917. The van der Waals surface area contributed by atoms with E-state index in [0.717, 1.165) is 4.31 Å². The smallest absolute Gasteiger partial charge is 0.118 e. The Hall–Kier alpha value is 0.420. The Balaban J connectivity index is 2.64. The van der Waals surface area contributed by atoms with Crippen molar-refractivity contribution in [2.24, 2.45) is 0 Å². The van der Waals surface area contributed by atoms with E-state index in [1.807, 2.05) is 9.24 Å². The summed E-state index contributed by atoms with van der Waals surface area (Å²) >= 11 is -2.36. The standard InChI is InChI=1S/C4H10NO4PS/c6-3-1-5(11(8)9)2-4(3,7)10/h3,6-7H,1-2,10H2,(H,8,9)/p-1. The van der Waals surface area contributed by atoms with Crippen LogP contribution in [0.4, 0.5) is 0 Å². The zero-order valence-corrected chi connectivity index (χ0v) is 7.61. The Morgan fingerprint density at radius 3 is 2.55 bits per heavy atom. The van der Waals surface area contributed by atoms with Crippen molar-refractivity contribution in [2.75, 3.05) is 13.1 Å². The van der Waals surface area contributed by atoms with Gasteiger partial charge in [-0.05, 0) is 0 Å². The first kappa shape index (κ1) is 9.51. The van der Waals surface area contributed by atoms with Crippen LogP contribution in [0.1, 0.15) is 0 Å². The molecule has 5 nitrogen and oxygen atoms in total. The highest BCUT2D eigenvalue weighted by atomic mass is 32.2. The molecule has 4 atom stereocenters. The number of hydrogen-bond donors (Lipinski definition) is 2. The van der Waals surface area contributed by atoms with Gasteiger partial charge in [-0.1, -0.05) is 9.24 Å². The Kier molecular flexibility index (Phi) is 2.63. The minimum Gasteiger partial charge on any atom is -0.760 e. The molecule has 1 heterocycles. The molecule has 2 N–H and O–H groups in total. The van der Waals surface area contributed by atoms with E-state index in [4.69, 9.17) is 5.11 Å². The molecule has 1 rings (SSSR count). The quantitative estimate of drug-likeness (QED) is 0.378. The second kappa shape index (κ2) is 3.05. The van der Waals surface area contributed by atoms with E-state index in [0.29, 0.717) is 0 Å². The summed E-state index contributed by atoms with van der Waals surface area (Å²) in [5, 5.41) is 17.0. The van der Waals surface area contributed by atoms with Gasteiger partial charge < -0.3 is 14.8 Å². The largest absolute Gasteiger partial charge is 0.760 e. The van der Waals surface area contributed by atoms with Crippen LogP contribution in [0, 0.1) is 0 Å². The third kappa shape index (κ3) is 1.96. The molecule has 1 fully saturated rings. The van der Waals surface area contributed by atoms with Gasteiger partial charge in [0.25, 0.3) is 0 Å². The maximum atomic E-state index is 10.3. The average molecular weight is 198 g/mol. The van der Waals surface area contributed by atoms with Crippen LogP contribution < -0.4 is 0 Å². The van der Waals surface area contributed by atoms with Gasteiger partial charge in [0.05, 0.1) is 0 Å². The molecule has 0 aliphatic carbocycles. The summed E-state index contributed by atoms with van der Waals surface area (Å²) in [7, 11) is 2.03. The van der Waals surface area contributed by atoms with Crippen LogP contribution in [-0.2, 0) is 11.3 Å². The second-order valence-electron chi connectivity index (χ2n) is 2.55. The number of β-amino-alcohol motifs (C(OH)–C–C–N with tert-alkyl or cyclic N) is 2. The maximum Gasteiger partial charge on any atom is 0.118 e. The van der Waals surface area contributed by atoms with Crippen LogP contribution in [0.5, 0.6) is 0 Å². The monoisotopic (exact) mass is 198 g/mol. The van der Waals surface area contributed by atoms with Crippen LogP contribution in [-0.4, -0.2) is 47.8 Å². The molecule has 66 valence electrons. The summed E-state index contributed by atoms with van der Waals surface area (Å²) in [5.41, 5.74) is 0. The zero-order valence-electron chi connectivity index (χ0n) is 5.64. The number of aliphatic hydroxyl groups excluding tert-OH is 1. The third-order valence-electron chi connectivity index (χ3n) is 1.59. The van der Waals surface area contributed by atoms with E-state index < -0.39 is 22.7 Å². The molecule has 1 aliphatic rings. The molecule has 0 bridgehead atoms. The molecule has 1 saturated heterocycles. The van der Waals surface area contributed by atoms with E-state index in [9.17, 15) is 13.9 Å². The van der Waals surface area contributed by atoms with Crippen LogP contribution in [0.3, 0.4) is 0 Å². The van der Waals surface area contributed by atoms with Crippen molar-refractivity contribution in [2.45, 2.75) is 11.4 Å². The molecule has 0 aromatic carbocycles. The summed E-state index contributed by atoms with van der Waals surface area (Å²) in [6.45, 7) is -0.120. The molecule has 0 aromatic rings. The van der Waals surface area contributed by atoms with Crippen molar-refractivity contribution in [1.29, 1.82) is 0 Å². The molecule has 7 heteroatoms. The lowest BCUT2D eigenvalue weighted by Gasteiger charge is -2.20. The van der Waals surface area contributed by atoms with E-state index in [-0.39, 0.29) is 13.1 Å². The molecule has 0 amide bonds. The summed E-state index contributed by atoms with van der Waals surface area (Å²) in [4.78, 5) is 0. The van der Waals surface area contributed by atoms with Gasteiger partial charge in [0.2, 0.25) is 0 Å². The molecule has 0 radical (unpaired) electrons. The molecule has 1 aliphatic heterocycles. The normalized spacial score (nSPS) is 42.7.